The van der Waals surface area contributed by atoms with Gasteiger partial charge in [0.2, 0.25) is 0 Å². The zero-order chi connectivity index (χ0) is 27.3. The topological polar surface area (TPSA) is 54.4 Å². The number of benzene rings is 4. The molecule has 1 unspecified atom stereocenters. The van der Waals surface area contributed by atoms with Crippen LogP contribution in [0.4, 0.5) is 0 Å². The summed E-state index contributed by atoms with van der Waals surface area (Å²) in [6.07, 6.45) is 1.27. The van der Waals surface area contributed by atoms with Gasteiger partial charge >= 0.3 is 0 Å². The van der Waals surface area contributed by atoms with E-state index >= 15 is 9.13 Å². The Kier molecular flexibility index (Phi) is 8.94. The van der Waals surface area contributed by atoms with Crippen molar-refractivity contribution in [1.82, 2.24) is 0 Å². The third-order valence-corrected chi connectivity index (χ3v) is 14.5. The lowest BCUT2D eigenvalue weighted by Gasteiger charge is -2.32. The van der Waals surface area contributed by atoms with Crippen molar-refractivity contribution in [1.29, 1.82) is 0 Å². The summed E-state index contributed by atoms with van der Waals surface area (Å²) in [6.45, 7) is 8.08. The smallest absolute Gasteiger partial charge is 0.146 e. The van der Waals surface area contributed by atoms with Crippen molar-refractivity contribution < 1.29 is 14.2 Å². The van der Waals surface area contributed by atoms with E-state index < -0.39 is 19.9 Å². The molecule has 0 heterocycles. The molecule has 4 aromatic carbocycles. The van der Waals surface area contributed by atoms with Crippen molar-refractivity contribution in [3.05, 3.63) is 119 Å². The minimum atomic E-state index is -3.24. The molecule has 198 valence electrons. The first-order valence-electron chi connectivity index (χ1n) is 13.3. The minimum absolute atomic E-state index is 0.00232. The van der Waals surface area contributed by atoms with E-state index in [0.717, 1.165) is 43.5 Å². The highest BCUT2D eigenvalue weighted by molar-refractivity contribution is 7.82. The fourth-order valence-corrected chi connectivity index (χ4v) is 12.3. The first-order valence-corrected chi connectivity index (χ1v) is 16.9. The average molecular weight is 545 g/mol. The van der Waals surface area contributed by atoms with E-state index in [1.54, 1.807) is 0 Å². The number of aryl methyl sites for hydroxylation is 4. The number of rotatable bonds is 10. The maximum Gasteiger partial charge on any atom is 0.146 e. The normalized spacial score (nSPS) is 12.9. The molecule has 0 spiro atoms. The molecule has 0 radical (unpaired) electrons. The van der Waals surface area contributed by atoms with Crippen molar-refractivity contribution in [3.8, 4) is 0 Å². The van der Waals surface area contributed by atoms with Crippen LogP contribution < -0.4 is 21.2 Å². The van der Waals surface area contributed by atoms with Gasteiger partial charge in [0.05, 0.1) is 0 Å². The molecule has 1 N–H and O–H groups in total. The van der Waals surface area contributed by atoms with Crippen LogP contribution in [0, 0.1) is 27.7 Å². The minimum Gasteiger partial charge on any atom is -0.396 e. The van der Waals surface area contributed by atoms with Gasteiger partial charge in [-0.25, -0.2) is 0 Å². The van der Waals surface area contributed by atoms with Crippen LogP contribution in [0.15, 0.2) is 97.1 Å². The molecule has 4 rings (SSSR count). The summed E-state index contributed by atoms with van der Waals surface area (Å²) in [6, 6.07) is 31.7. The lowest BCUT2D eigenvalue weighted by Crippen LogP contribution is -2.32. The summed E-state index contributed by atoms with van der Waals surface area (Å²) < 4.78 is 30.7. The fourth-order valence-electron chi connectivity index (χ4n) is 5.05. The van der Waals surface area contributed by atoms with Crippen LogP contribution >= 0.6 is 14.3 Å². The van der Waals surface area contributed by atoms with Crippen molar-refractivity contribution in [2.24, 2.45) is 0 Å². The summed E-state index contributed by atoms with van der Waals surface area (Å²) >= 11 is 0. The highest BCUT2D eigenvalue weighted by atomic mass is 31.2. The Bertz CT molecular complexity index is 1340. The maximum atomic E-state index is 15.5. The average Bonchev–Trinajstić information content (AvgIpc) is 2.92. The van der Waals surface area contributed by atoms with Gasteiger partial charge in [-0.1, -0.05) is 119 Å². The second-order valence-corrected chi connectivity index (χ2v) is 16.4. The summed E-state index contributed by atoms with van der Waals surface area (Å²) in [5.41, 5.74) is 3.99. The van der Waals surface area contributed by atoms with Crippen LogP contribution in [0.2, 0.25) is 0 Å². The fraction of sp³-hybridized carbons (Fsp3) is 0.273. The molecule has 0 saturated heterocycles. The van der Waals surface area contributed by atoms with Gasteiger partial charge in [-0.2, -0.15) is 0 Å². The molecule has 0 aromatic heterocycles. The first-order chi connectivity index (χ1) is 18.2. The zero-order valence-corrected chi connectivity index (χ0v) is 24.6. The van der Waals surface area contributed by atoms with E-state index in [2.05, 4.69) is 0 Å². The Morgan fingerprint density at radius 1 is 0.553 bits per heavy atom. The SMILES string of the molecule is Cc1ccc(P(=O)(CC(CCCO)P(=O)(c2ccc(C)cc2)c2ccc(C)cc2)c2ccc(C)cc2)cc1. The van der Waals surface area contributed by atoms with E-state index in [4.69, 9.17) is 0 Å². The predicted octanol–water partition coefficient (Wildman–Crippen LogP) is 6.39. The molecular weight excluding hydrogens is 506 g/mol. The summed E-state index contributed by atoms with van der Waals surface area (Å²) in [4.78, 5) is 0. The van der Waals surface area contributed by atoms with Crippen LogP contribution in [-0.4, -0.2) is 23.5 Å². The molecule has 4 aromatic rings. The van der Waals surface area contributed by atoms with Crippen LogP contribution in [0.5, 0.6) is 0 Å². The molecule has 0 amide bonds. The summed E-state index contributed by atoms with van der Waals surface area (Å²) in [5.74, 6) is 0. The molecular formula is C33H38O3P2. The lowest BCUT2D eigenvalue weighted by atomic mass is 10.2. The summed E-state index contributed by atoms with van der Waals surface area (Å²) in [7, 11) is -6.41. The third-order valence-electron chi connectivity index (χ3n) is 7.41. The van der Waals surface area contributed by atoms with Crippen LogP contribution in [0.3, 0.4) is 0 Å². The Morgan fingerprint density at radius 2 is 0.868 bits per heavy atom. The van der Waals surface area contributed by atoms with Gasteiger partial charge in [0.15, 0.2) is 0 Å². The number of aliphatic hydroxyl groups excluding tert-OH is 1. The Labute approximate surface area is 227 Å². The summed E-state index contributed by atoms with van der Waals surface area (Å²) in [5, 5.41) is 12.9. The zero-order valence-electron chi connectivity index (χ0n) is 22.8. The predicted molar refractivity (Wildman–Crippen MR) is 163 cm³/mol. The van der Waals surface area contributed by atoms with Gasteiger partial charge in [0, 0.05) is 39.6 Å². The van der Waals surface area contributed by atoms with Gasteiger partial charge in [-0.15, -0.1) is 0 Å². The molecule has 1 atom stereocenters. The number of hydrogen-bond acceptors (Lipinski definition) is 3. The molecule has 0 bridgehead atoms. The van der Waals surface area contributed by atoms with E-state index in [0.29, 0.717) is 12.8 Å². The number of aliphatic hydroxyl groups is 1. The van der Waals surface area contributed by atoms with Gasteiger partial charge in [-0.3, -0.25) is 0 Å². The third kappa shape index (κ3) is 5.97. The molecule has 0 aliphatic heterocycles. The first kappa shape index (κ1) is 28.3. The second-order valence-electron chi connectivity index (χ2n) is 10.4. The van der Waals surface area contributed by atoms with E-state index in [9.17, 15) is 5.11 Å². The van der Waals surface area contributed by atoms with Gasteiger partial charge in [-0.05, 0) is 40.5 Å². The van der Waals surface area contributed by atoms with Crippen molar-refractivity contribution in [3.63, 3.8) is 0 Å². The van der Waals surface area contributed by atoms with E-state index in [-0.39, 0.29) is 12.8 Å². The highest BCUT2D eigenvalue weighted by Crippen LogP contribution is 2.57. The van der Waals surface area contributed by atoms with Crippen molar-refractivity contribution in [2.75, 3.05) is 12.8 Å². The van der Waals surface area contributed by atoms with Gasteiger partial charge < -0.3 is 14.2 Å². The van der Waals surface area contributed by atoms with Gasteiger partial charge in [0.1, 0.15) is 14.3 Å². The van der Waals surface area contributed by atoms with E-state index in [1.807, 2.05) is 125 Å². The molecule has 0 aliphatic carbocycles. The maximum absolute atomic E-state index is 15.5. The highest BCUT2D eigenvalue weighted by Gasteiger charge is 2.42. The van der Waals surface area contributed by atoms with E-state index in [1.165, 1.54) is 0 Å². The molecule has 0 saturated carbocycles. The van der Waals surface area contributed by atoms with Crippen LogP contribution in [0.25, 0.3) is 0 Å². The molecule has 3 nitrogen and oxygen atoms in total. The molecule has 5 heteroatoms. The lowest BCUT2D eigenvalue weighted by molar-refractivity contribution is 0.284. The monoisotopic (exact) mass is 544 g/mol. The Morgan fingerprint density at radius 3 is 1.18 bits per heavy atom. The largest absolute Gasteiger partial charge is 0.396 e. The second kappa shape index (κ2) is 12.0. The quantitative estimate of drug-likeness (QED) is 0.236. The van der Waals surface area contributed by atoms with Crippen LogP contribution in [0.1, 0.15) is 35.1 Å². The molecule has 0 aliphatic rings. The van der Waals surface area contributed by atoms with Crippen molar-refractivity contribution in [2.45, 2.75) is 46.2 Å². The Hall–Kier alpha value is -2.70. The molecule has 0 fully saturated rings. The standard InChI is InChI=1S/C33H38O3P2/c1-25-7-15-29(16-8-25)37(35,30-17-9-26(2)10-18-30)24-33(6-5-23-34)38(36,31-19-11-27(3)12-20-31)32-21-13-28(4)14-22-32/h7-22,33-34H,5-6,23-24H2,1-4H3. The van der Waals surface area contributed by atoms with Crippen LogP contribution in [-0.2, 0) is 9.13 Å². The Balaban J connectivity index is 1.93. The number of hydrogen-bond donors (Lipinski definition) is 1. The molecule has 38 heavy (non-hydrogen) atoms. The van der Waals surface area contributed by atoms with Crippen molar-refractivity contribution >= 4 is 35.5 Å². The van der Waals surface area contributed by atoms with Gasteiger partial charge in [0.25, 0.3) is 0 Å².